The van der Waals surface area contributed by atoms with Crippen LogP contribution in [0.25, 0.3) is 0 Å². The zero-order chi connectivity index (χ0) is 20.1. The van der Waals surface area contributed by atoms with Crippen LogP contribution in [0.3, 0.4) is 0 Å². The predicted octanol–water partition coefficient (Wildman–Crippen LogP) is 3.83. The van der Waals surface area contributed by atoms with Crippen LogP contribution < -0.4 is 10.1 Å². The zero-order valence-electron chi connectivity index (χ0n) is 13.4. The van der Waals surface area contributed by atoms with E-state index in [0.29, 0.717) is 6.42 Å². The lowest BCUT2D eigenvalue weighted by Gasteiger charge is -2.09. The van der Waals surface area contributed by atoms with Crippen molar-refractivity contribution in [3.05, 3.63) is 52.7 Å². The van der Waals surface area contributed by atoms with Crippen molar-refractivity contribution in [1.82, 2.24) is 5.32 Å². The van der Waals surface area contributed by atoms with E-state index in [4.69, 9.17) is 16.0 Å². The molecule has 0 bridgehead atoms. The SMILES string of the molecule is O=C(Cl)CCCNC(=O)c1ccc(COc2c(F)c(F)c(F)c(F)c2F)o1. The Morgan fingerprint density at radius 1 is 1.00 bits per heavy atom. The van der Waals surface area contributed by atoms with Crippen LogP contribution in [0.5, 0.6) is 5.75 Å². The maximum Gasteiger partial charge on any atom is 0.286 e. The fourth-order valence-corrected chi connectivity index (χ4v) is 2.08. The molecule has 0 saturated heterocycles. The molecular formula is C16H11ClF5NO4. The molecule has 2 aromatic rings. The summed E-state index contributed by atoms with van der Waals surface area (Å²) in [4.78, 5) is 22.3. The lowest BCUT2D eigenvalue weighted by atomic mass is 10.2. The summed E-state index contributed by atoms with van der Waals surface area (Å²) >= 11 is 5.14. The summed E-state index contributed by atoms with van der Waals surface area (Å²) in [5.74, 6) is -13.2. The van der Waals surface area contributed by atoms with Gasteiger partial charge in [-0.2, -0.15) is 8.78 Å². The number of carbonyl (C=O) groups is 2. The van der Waals surface area contributed by atoms with Gasteiger partial charge < -0.3 is 14.5 Å². The Hall–Kier alpha value is -2.62. The van der Waals surface area contributed by atoms with Gasteiger partial charge >= 0.3 is 0 Å². The number of ether oxygens (including phenoxy) is 1. The molecule has 0 fully saturated rings. The first kappa shape index (κ1) is 20.7. The Balaban J connectivity index is 1.99. The zero-order valence-corrected chi connectivity index (χ0v) is 14.1. The Kier molecular flexibility index (Phi) is 6.78. The number of rotatable bonds is 8. The molecule has 0 radical (unpaired) electrons. The van der Waals surface area contributed by atoms with Gasteiger partial charge in [-0.25, -0.2) is 13.2 Å². The van der Waals surface area contributed by atoms with Gasteiger partial charge in [-0.05, 0) is 30.2 Å². The van der Waals surface area contributed by atoms with Crippen molar-refractivity contribution >= 4 is 22.8 Å². The second-order valence-corrected chi connectivity index (χ2v) is 5.59. The third-order valence-corrected chi connectivity index (χ3v) is 3.44. The molecule has 0 aliphatic rings. The van der Waals surface area contributed by atoms with Crippen LogP contribution >= 0.6 is 11.6 Å². The molecule has 0 saturated carbocycles. The molecule has 1 N–H and O–H groups in total. The lowest BCUT2D eigenvalue weighted by molar-refractivity contribution is -0.111. The van der Waals surface area contributed by atoms with Crippen molar-refractivity contribution in [3.8, 4) is 5.75 Å². The number of furan rings is 1. The summed E-state index contributed by atoms with van der Waals surface area (Å²) in [7, 11) is 0. The van der Waals surface area contributed by atoms with E-state index in [1.807, 2.05) is 0 Å². The van der Waals surface area contributed by atoms with Gasteiger partial charge in [0.15, 0.2) is 11.5 Å². The first-order chi connectivity index (χ1) is 12.7. The molecule has 0 aliphatic heterocycles. The molecule has 1 aromatic carbocycles. The predicted molar refractivity (Wildman–Crippen MR) is 81.7 cm³/mol. The van der Waals surface area contributed by atoms with Gasteiger partial charge in [0.25, 0.3) is 5.91 Å². The summed E-state index contributed by atoms with van der Waals surface area (Å²) in [6, 6.07) is 2.45. The quantitative estimate of drug-likeness (QED) is 0.236. The number of halogens is 6. The van der Waals surface area contributed by atoms with Crippen LogP contribution in [-0.4, -0.2) is 17.7 Å². The van der Waals surface area contributed by atoms with Gasteiger partial charge in [0, 0.05) is 13.0 Å². The summed E-state index contributed by atoms with van der Waals surface area (Å²) in [5.41, 5.74) is 0. The highest BCUT2D eigenvalue weighted by Gasteiger charge is 2.27. The van der Waals surface area contributed by atoms with Crippen LogP contribution in [0.2, 0.25) is 0 Å². The van der Waals surface area contributed by atoms with Crippen molar-refractivity contribution in [2.45, 2.75) is 19.4 Å². The molecule has 146 valence electrons. The molecule has 0 aliphatic carbocycles. The molecule has 2 rings (SSSR count). The van der Waals surface area contributed by atoms with E-state index in [2.05, 4.69) is 10.1 Å². The van der Waals surface area contributed by atoms with Crippen molar-refractivity contribution in [3.63, 3.8) is 0 Å². The number of nitrogens with one attached hydrogen (secondary N) is 1. The standard InChI is InChI=1S/C16H11ClF5NO4/c17-9(24)2-1-5-23-16(25)8-4-3-7(27-8)6-26-15-13(21)11(19)10(18)12(20)14(15)22/h3-4H,1-2,5-6H2,(H,23,25). The van der Waals surface area contributed by atoms with E-state index < -0.39 is 52.6 Å². The summed E-state index contributed by atoms with van der Waals surface area (Å²) in [6.45, 7) is -0.541. The first-order valence-corrected chi connectivity index (χ1v) is 7.79. The van der Waals surface area contributed by atoms with Gasteiger partial charge in [-0.3, -0.25) is 9.59 Å². The van der Waals surface area contributed by atoms with E-state index in [9.17, 15) is 31.5 Å². The number of hydrogen-bond acceptors (Lipinski definition) is 4. The molecule has 11 heteroatoms. The Bertz CT molecular complexity index is 842. The minimum absolute atomic E-state index is 0.0704. The number of benzene rings is 1. The van der Waals surface area contributed by atoms with Crippen molar-refractivity contribution < 1.29 is 40.7 Å². The third kappa shape index (κ3) is 4.97. The fourth-order valence-electron chi connectivity index (χ4n) is 1.95. The van der Waals surface area contributed by atoms with Gasteiger partial charge in [0.2, 0.25) is 34.3 Å². The molecule has 0 spiro atoms. The molecule has 1 amide bonds. The first-order valence-electron chi connectivity index (χ1n) is 7.41. The highest BCUT2D eigenvalue weighted by molar-refractivity contribution is 6.63. The van der Waals surface area contributed by atoms with Crippen LogP contribution in [0.4, 0.5) is 22.0 Å². The number of amides is 1. The monoisotopic (exact) mass is 411 g/mol. The Labute approximate surface area is 154 Å². The maximum absolute atomic E-state index is 13.5. The highest BCUT2D eigenvalue weighted by Crippen LogP contribution is 2.29. The third-order valence-electron chi connectivity index (χ3n) is 3.25. The topological polar surface area (TPSA) is 68.5 Å². The van der Waals surface area contributed by atoms with Crippen LogP contribution in [0, 0.1) is 29.1 Å². The summed E-state index contributed by atoms with van der Waals surface area (Å²) in [6.07, 6.45) is 0.381. The van der Waals surface area contributed by atoms with Gasteiger partial charge in [0.05, 0.1) is 0 Å². The van der Waals surface area contributed by atoms with E-state index in [0.717, 1.165) is 0 Å². The average Bonchev–Trinajstić information content (AvgIpc) is 3.10. The van der Waals surface area contributed by atoms with Crippen LogP contribution in [0.15, 0.2) is 16.5 Å². The molecule has 1 aromatic heterocycles. The second kappa shape index (κ2) is 8.85. The lowest BCUT2D eigenvalue weighted by Crippen LogP contribution is -2.24. The van der Waals surface area contributed by atoms with E-state index >= 15 is 0 Å². The van der Waals surface area contributed by atoms with E-state index in [-0.39, 0.29) is 24.5 Å². The van der Waals surface area contributed by atoms with Gasteiger partial charge in [0.1, 0.15) is 12.4 Å². The normalized spacial score (nSPS) is 10.7. The summed E-state index contributed by atoms with van der Waals surface area (Å²) in [5, 5.41) is 1.89. The Morgan fingerprint density at radius 3 is 2.19 bits per heavy atom. The molecule has 27 heavy (non-hydrogen) atoms. The molecule has 0 unspecified atom stereocenters. The van der Waals surface area contributed by atoms with Crippen molar-refractivity contribution in [2.75, 3.05) is 6.54 Å². The van der Waals surface area contributed by atoms with Crippen molar-refractivity contribution in [2.24, 2.45) is 0 Å². The Morgan fingerprint density at radius 2 is 1.59 bits per heavy atom. The highest BCUT2D eigenvalue weighted by atomic mass is 35.5. The maximum atomic E-state index is 13.5. The second-order valence-electron chi connectivity index (χ2n) is 5.17. The van der Waals surface area contributed by atoms with Crippen molar-refractivity contribution in [1.29, 1.82) is 0 Å². The smallest absolute Gasteiger partial charge is 0.286 e. The van der Waals surface area contributed by atoms with E-state index in [1.54, 1.807) is 0 Å². The van der Waals surface area contributed by atoms with Gasteiger partial charge in [-0.1, -0.05) is 0 Å². The molecule has 0 atom stereocenters. The fraction of sp³-hybridized carbons (Fsp3) is 0.250. The molecular weight excluding hydrogens is 401 g/mol. The number of hydrogen-bond donors (Lipinski definition) is 1. The van der Waals surface area contributed by atoms with Gasteiger partial charge in [-0.15, -0.1) is 0 Å². The minimum atomic E-state index is -2.30. The van der Waals surface area contributed by atoms with Crippen LogP contribution in [-0.2, 0) is 11.4 Å². The van der Waals surface area contributed by atoms with Crippen LogP contribution in [0.1, 0.15) is 29.2 Å². The average molecular weight is 412 g/mol. The molecule has 5 nitrogen and oxygen atoms in total. The molecule has 1 heterocycles. The summed E-state index contributed by atoms with van der Waals surface area (Å²) < 4.78 is 75.8. The minimum Gasteiger partial charge on any atom is -0.479 e. The largest absolute Gasteiger partial charge is 0.479 e. The number of carbonyl (C=O) groups excluding carboxylic acids is 2. The van der Waals surface area contributed by atoms with E-state index in [1.165, 1.54) is 12.1 Å².